The van der Waals surface area contributed by atoms with Crippen molar-refractivity contribution < 1.29 is 28.7 Å². The molecule has 2 aliphatic heterocycles. The van der Waals surface area contributed by atoms with Crippen LogP contribution in [0.2, 0.25) is 5.02 Å². The Hall–Kier alpha value is -3.50. The number of methoxy groups -OCH3 is 1. The molecule has 0 unspecified atom stereocenters. The normalized spacial score (nSPS) is 16.5. The molecule has 0 radical (unpaired) electrons. The largest absolute Gasteiger partial charge is 0.493 e. The first-order valence-corrected chi connectivity index (χ1v) is 12.8. The number of anilines is 1. The molecule has 4 amide bonds. The zero-order chi connectivity index (χ0) is 26.5. The Morgan fingerprint density at radius 3 is 2.51 bits per heavy atom. The van der Waals surface area contributed by atoms with Crippen LogP contribution in [-0.4, -0.2) is 66.1 Å². The summed E-state index contributed by atoms with van der Waals surface area (Å²) in [5, 5.41) is 2.40. The van der Waals surface area contributed by atoms with Crippen LogP contribution < -0.4 is 14.8 Å². The SMILES string of the molecule is COc1cc(/C=C2/SC(=O)N(CC(=O)N3CCCC3)C2=O)cc(Cl)c1OCC(=O)Nc1ccc(C)cc1. The summed E-state index contributed by atoms with van der Waals surface area (Å²) >= 11 is 7.17. The number of hydrogen-bond acceptors (Lipinski definition) is 7. The third-order valence-corrected chi connectivity index (χ3v) is 7.05. The van der Waals surface area contributed by atoms with E-state index in [1.54, 1.807) is 29.2 Å². The summed E-state index contributed by atoms with van der Waals surface area (Å²) in [5.41, 5.74) is 2.21. The molecule has 0 atom stereocenters. The van der Waals surface area contributed by atoms with Gasteiger partial charge in [-0.15, -0.1) is 0 Å². The fourth-order valence-electron chi connectivity index (χ4n) is 3.92. The first-order chi connectivity index (χ1) is 17.7. The lowest BCUT2D eigenvalue weighted by Crippen LogP contribution is -2.40. The fourth-order valence-corrected chi connectivity index (χ4v) is 5.04. The number of imide groups is 1. The molecule has 0 spiro atoms. The topological polar surface area (TPSA) is 105 Å². The zero-order valence-electron chi connectivity index (χ0n) is 20.4. The van der Waals surface area contributed by atoms with E-state index >= 15 is 0 Å². The van der Waals surface area contributed by atoms with Gasteiger partial charge in [0.05, 0.1) is 17.0 Å². The summed E-state index contributed by atoms with van der Waals surface area (Å²) in [7, 11) is 1.42. The molecule has 2 aliphatic rings. The first-order valence-electron chi connectivity index (χ1n) is 11.6. The van der Waals surface area contributed by atoms with Crippen LogP contribution in [0.15, 0.2) is 41.3 Å². The summed E-state index contributed by atoms with van der Waals surface area (Å²) < 4.78 is 11.0. The lowest BCUT2D eigenvalue weighted by molar-refractivity contribution is -0.135. The minimum atomic E-state index is -0.536. The molecule has 2 aromatic carbocycles. The summed E-state index contributed by atoms with van der Waals surface area (Å²) in [6.07, 6.45) is 3.36. The summed E-state index contributed by atoms with van der Waals surface area (Å²) in [4.78, 5) is 52.8. The number of carbonyl (C=O) groups excluding carboxylic acids is 4. The number of benzene rings is 2. The average molecular weight is 544 g/mol. The summed E-state index contributed by atoms with van der Waals surface area (Å²) in [5.74, 6) is -0.720. The van der Waals surface area contributed by atoms with Crippen LogP contribution in [0.1, 0.15) is 24.0 Å². The van der Waals surface area contributed by atoms with Crippen molar-refractivity contribution in [1.29, 1.82) is 0 Å². The molecule has 4 rings (SSSR count). The van der Waals surface area contributed by atoms with Crippen molar-refractivity contribution in [2.24, 2.45) is 0 Å². The molecule has 2 fully saturated rings. The Morgan fingerprint density at radius 1 is 1.14 bits per heavy atom. The number of hydrogen-bond donors (Lipinski definition) is 1. The second kappa shape index (κ2) is 11.7. The van der Waals surface area contributed by atoms with E-state index in [1.807, 2.05) is 19.1 Å². The van der Waals surface area contributed by atoms with Crippen molar-refractivity contribution in [3.05, 3.63) is 57.5 Å². The third kappa shape index (κ3) is 6.44. The van der Waals surface area contributed by atoms with E-state index in [0.29, 0.717) is 24.3 Å². The van der Waals surface area contributed by atoms with Gasteiger partial charge < -0.3 is 19.7 Å². The average Bonchev–Trinajstić information content (AvgIpc) is 3.49. The quantitative estimate of drug-likeness (QED) is 0.494. The van der Waals surface area contributed by atoms with E-state index in [2.05, 4.69) is 5.32 Å². The van der Waals surface area contributed by atoms with Gasteiger partial charge in [-0.2, -0.15) is 0 Å². The van der Waals surface area contributed by atoms with Crippen LogP contribution in [0.3, 0.4) is 0 Å². The van der Waals surface area contributed by atoms with Crippen LogP contribution in [0.4, 0.5) is 10.5 Å². The number of aryl methyl sites for hydroxylation is 1. The lowest BCUT2D eigenvalue weighted by atomic mass is 10.1. The third-order valence-electron chi connectivity index (χ3n) is 5.86. The zero-order valence-corrected chi connectivity index (χ0v) is 22.0. The van der Waals surface area contributed by atoms with Crippen LogP contribution >= 0.6 is 23.4 Å². The Labute approximate surface area is 223 Å². The maximum Gasteiger partial charge on any atom is 0.294 e. The minimum Gasteiger partial charge on any atom is -0.493 e. The molecule has 0 aromatic heterocycles. The number of thioether (sulfide) groups is 1. The molecule has 0 saturated carbocycles. The maximum atomic E-state index is 12.8. The van der Waals surface area contributed by atoms with Crippen molar-refractivity contribution in [2.45, 2.75) is 19.8 Å². The minimum absolute atomic E-state index is 0.164. The Bertz CT molecular complexity index is 1260. The standard InChI is InChI=1S/C26H26ClN3O6S/c1-16-5-7-18(8-6-16)28-22(31)15-36-24-19(27)11-17(12-20(24)35-2)13-21-25(33)30(26(34)37-21)14-23(32)29-9-3-4-10-29/h5-8,11-13H,3-4,9-10,14-15H2,1-2H3,(H,28,31)/b21-13+. The van der Waals surface area contributed by atoms with Crippen molar-refractivity contribution in [3.63, 3.8) is 0 Å². The van der Waals surface area contributed by atoms with Crippen molar-refractivity contribution in [3.8, 4) is 11.5 Å². The van der Waals surface area contributed by atoms with E-state index in [4.69, 9.17) is 21.1 Å². The van der Waals surface area contributed by atoms with Gasteiger partial charge >= 0.3 is 0 Å². The highest BCUT2D eigenvalue weighted by Crippen LogP contribution is 2.39. The fraction of sp³-hybridized carbons (Fsp3) is 0.308. The van der Waals surface area contributed by atoms with Crippen LogP contribution in [0.25, 0.3) is 6.08 Å². The van der Waals surface area contributed by atoms with Gasteiger partial charge in [0.25, 0.3) is 17.1 Å². The molecule has 0 bridgehead atoms. The second-order valence-corrected chi connectivity index (χ2v) is 9.99. The number of carbonyl (C=O) groups is 4. The molecule has 37 heavy (non-hydrogen) atoms. The van der Waals surface area contributed by atoms with Gasteiger partial charge in [0.2, 0.25) is 5.91 Å². The number of ether oxygens (including phenoxy) is 2. The number of nitrogens with one attached hydrogen (secondary N) is 1. The van der Waals surface area contributed by atoms with Gasteiger partial charge in [-0.05, 0) is 67.4 Å². The number of rotatable bonds is 8. The van der Waals surface area contributed by atoms with E-state index in [9.17, 15) is 19.2 Å². The number of halogens is 1. The van der Waals surface area contributed by atoms with Crippen LogP contribution in [-0.2, 0) is 14.4 Å². The summed E-state index contributed by atoms with van der Waals surface area (Å²) in [6, 6.07) is 10.5. The molecule has 194 valence electrons. The number of nitrogens with zero attached hydrogens (tertiary/aromatic N) is 2. The Morgan fingerprint density at radius 2 is 1.84 bits per heavy atom. The van der Waals surface area contributed by atoms with Crippen molar-refractivity contribution in [2.75, 3.05) is 38.7 Å². The molecule has 1 N–H and O–H groups in total. The second-order valence-electron chi connectivity index (χ2n) is 8.59. The molecule has 2 aromatic rings. The van der Waals surface area contributed by atoms with Crippen LogP contribution in [0, 0.1) is 6.92 Å². The monoisotopic (exact) mass is 543 g/mol. The highest BCUT2D eigenvalue weighted by atomic mass is 35.5. The summed E-state index contributed by atoms with van der Waals surface area (Å²) in [6.45, 7) is 2.67. The van der Waals surface area contributed by atoms with E-state index in [-0.39, 0.29) is 46.4 Å². The van der Waals surface area contributed by atoms with Crippen molar-refractivity contribution in [1.82, 2.24) is 9.80 Å². The van der Waals surface area contributed by atoms with Gasteiger partial charge in [-0.25, -0.2) is 0 Å². The molecule has 2 heterocycles. The molecular weight excluding hydrogens is 518 g/mol. The molecular formula is C26H26ClN3O6S. The molecule has 0 aliphatic carbocycles. The van der Waals surface area contributed by atoms with Crippen molar-refractivity contribution >= 4 is 58.1 Å². The maximum absolute atomic E-state index is 12.8. The van der Waals surface area contributed by atoms with Gasteiger partial charge in [0.15, 0.2) is 18.1 Å². The van der Waals surface area contributed by atoms with Gasteiger partial charge in [0.1, 0.15) is 6.54 Å². The van der Waals surface area contributed by atoms with Gasteiger partial charge in [0, 0.05) is 18.8 Å². The highest BCUT2D eigenvalue weighted by Gasteiger charge is 2.37. The smallest absolute Gasteiger partial charge is 0.294 e. The molecule has 2 saturated heterocycles. The molecule has 11 heteroatoms. The number of amides is 4. The Balaban J connectivity index is 1.43. The van der Waals surface area contributed by atoms with Gasteiger partial charge in [-0.1, -0.05) is 29.3 Å². The Kier molecular flexibility index (Phi) is 8.40. The van der Waals surface area contributed by atoms with Crippen LogP contribution in [0.5, 0.6) is 11.5 Å². The number of likely N-dealkylation sites (tertiary alicyclic amines) is 1. The molecule has 9 nitrogen and oxygen atoms in total. The van der Waals surface area contributed by atoms with Gasteiger partial charge in [-0.3, -0.25) is 24.1 Å². The lowest BCUT2D eigenvalue weighted by Gasteiger charge is -2.18. The van der Waals surface area contributed by atoms with E-state index < -0.39 is 11.1 Å². The predicted molar refractivity (Wildman–Crippen MR) is 142 cm³/mol. The highest BCUT2D eigenvalue weighted by molar-refractivity contribution is 8.18. The van der Waals surface area contributed by atoms with E-state index in [0.717, 1.165) is 35.1 Å². The first kappa shape index (κ1) is 26.6. The predicted octanol–water partition coefficient (Wildman–Crippen LogP) is 4.33. The van der Waals surface area contributed by atoms with E-state index in [1.165, 1.54) is 13.2 Å².